The Morgan fingerprint density at radius 2 is 1.78 bits per heavy atom. The summed E-state index contributed by atoms with van der Waals surface area (Å²) in [7, 11) is -2.87. The van der Waals surface area contributed by atoms with Gasteiger partial charge in [0, 0.05) is 39.9 Å². The third-order valence-corrected chi connectivity index (χ3v) is 5.75. The van der Waals surface area contributed by atoms with Crippen LogP contribution in [0.15, 0.2) is 51.4 Å². The van der Waals surface area contributed by atoms with Gasteiger partial charge in [0.2, 0.25) is 11.7 Å². The van der Waals surface area contributed by atoms with Crippen molar-refractivity contribution in [2.24, 2.45) is 4.36 Å². The highest BCUT2D eigenvalue weighted by atomic mass is 35.5. The summed E-state index contributed by atoms with van der Waals surface area (Å²) in [4.78, 5) is 16.5. The van der Waals surface area contributed by atoms with E-state index in [0.29, 0.717) is 38.5 Å². The van der Waals surface area contributed by atoms with Gasteiger partial charge in [0.15, 0.2) is 0 Å². The second-order valence-electron chi connectivity index (χ2n) is 5.91. The zero-order valence-electron chi connectivity index (χ0n) is 14.5. The smallest absolute Gasteiger partial charge is 0.285 e. The Labute approximate surface area is 166 Å². The standard InChI is InChI=1S/C18H15Cl2N3O3S/c1-11-21-17(22-26-11)12-6-8-13(9-7-12)18(24)23-27(2,25)10-14-15(19)4-3-5-16(14)20/h3-9H,10H2,1-2H3. The molecule has 140 valence electrons. The van der Waals surface area contributed by atoms with Gasteiger partial charge in [-0.2, -0.15) is 9.35 Å². The summed E-state index contributed by atoms with van der Waals surface area (Å²) < 4.78 is 21.6. The number of aromatic nitrogens is 2. The minimum absolute atomic E-state index is 0.0164. The fraction of sp³-hybridized carbons (Fsp3) is 0.167. The van der Waals surface area contributed by atoms with Crippen molar-refractivity contribution in [3.8, 4) is 11.4 Å². The number of nitrogens with zero attached hydrogens (tertiary/aromatic N) is 3. The molecule has 1 heterocycles. The largest absolute Gasteiger partial charge is 0.339 e. The maximum Gasteiger partial charge on any atom is 0.285 e. The van der Waals surface area contributed by atoms with E-state index in [0.717, 1.165) is 0 Å². The first-order valence-electron chi connectivity index (χ1n) is 7.83. The van der Waals surface area contributed by atoms with E-state index in [9.17, 15) is 9.00 Å². The predicted octanol–water partition coefficient (Wildman–Crippen LogP) is 4.79. The van der Waals surface area contributed by atoms with Crippen LogP contribution in [0.2, 0.25) is 10.0 Å². The third kappa shape index (κ3) is 4.74. The van der Waals surface area contributed by atoms with E-state index in [1.807, 2.05) is 0 Å². The molecule has 0 fully saturated rings. The Morgan fingerprint density at radius 3 is 2.33 bits per heavy atom. The minimum atomic E-state index is -2.87. The molecule has 0 aliphatic heterocycles. The summed E-state index contributed by atoms with van der Waals surface area (Å²) in [5.74, 6) is 0.277. The van der Waals surface area contributed by atoms with Crippen molar-refractivity contribution in [3.05, 3.63) is 69.5 Å². The van der Waals surface area contributed by atoms with Crippen molar-refractivity contribution in [2.75, 3.05) is 6.26 Å². The summed E-state index contributed by atoms with van der Waals surface area (Å²) in [5, 5.41) is 4.59. The molecule has 27 heavy (non-hydrogen) atoms. The van der Waals surface area contributed by atoms with Gasteiger partial charge in [-0.3, -0.25) is 4.79 Å². The van der Waals surface area contributed by atoms with Crippen molar-refractivity contribution < 1.29 is 13.5 Å². The molecule has 0 radical (unpaired) electrons. The number of carbonyl (C=O) groups excluding carboxylic acids is 1. The first kappa shape index (κ1) is 19.5. The molecule has 3 aromatic rings. The molecule has 0 saturated carbocycles. The molecule has 3 rings (SSSR count). The highest BCUT2D eigenvalue weighted by molar-refractivity contribution is 7.92. The summed E-state index contributed by atoms with van der Waals surface area (Å²) >= 11 is 12.2. The molecule has 0 spiro atoms. The summed E-state index contributed by atoms with van der Waals surface area (Å²) in [6.07, 6.45) is 1.40. The second-order valence-corrected chi connectivity index (χ2v) is 9.12. The predicted molar refractivity (Wildman–Crippen MR) is 105 cm³/mol. The van der Waals surface area contributed by atoms with Gasteiger partial charge < -0.3 is 4.52 Å². The number of amides is 1. The lowest BCUT2D eigenvalue weighted by Gasteiger charge is -2.08. The second kappa shape index (κ2) is 7.80. The van der Waals surface area contributed by atoms with Crippen molar-refractivity contribution in [3.63, 3.8) is 0 Å². The van der Waals surface area contributed by atoms with E-state index < -0.39 is 15.6 Å². The van der Waals surface area contributed by atoms with Crippen LogP contribution < -0.4 is 0 Å². The van der Waals surface area contributed by atoms with E-state index in [1.54, 1.807) is 49.4 Å². The first-order valence-corrected chi connectivity index (χ1v) is 10.7. The molecule has 1 atom stereocenters. The number of hydrogen-bond acceptors (Lipinski definition) is 5. The third-order valence-electron chi connectivity index (χ3n) is 3.67. The number of halogens is 2. The molecule has 0 bridgehead atoms. The van der Waals surface area contributed by atoms with Gasteiger partial charge >= 0.3 is 0 Å². The normalized spacial score (nSPS) is 13.2. The van der Waals surface area contributed by atoms with E-state index in [1.165, 1.54) is 6.26 Å². The van der Waals surface area contributed by atoms with Gasteiger partial charge in [-0.1, -0.05) is 46.6 Å². The average molecular weight is 424 g/mol. The van der Waals surface area contributed by atoms with E-state index in [4.69, 9.17) is 27.7 Å². The molecule has 0 aliphatic rings. The van der Waals surface area contributed by atoms with Crippen LogP contribution in [0, 0.1) is 6.92 Å². The maximum atomic E-state index is 12.8. The Bertz CT molecular complexity index is 1100. The molecule has 0 saturated heterocycles. The fourth-order valence-corrected chi connectivity index (χ4v) is 4.43. The number of rotatable bonds is 4. The summed E-state index contributed by atoms with van der Waals surface area (Å²) in [6, 6.07) is 11.5. The van der Waals surface area contributed by atoms with Crippen LogP contribution in [-0.4, -0.2) is 26.5 Å². The number of carbonyl (C=O) groups is 1. The van der Waals surface area contributed by atoms with Crippen molar-refractivity contribution >= 4 is 38.8 Å². The lowest BCUT2D eigenvalue weighted by molar-refractivity contribution is 0.100. The van der Waals surface area contributed by atoms with Crippen LogP contribution in [0.5, 0.6) is 0 Å². The van der Waals surface area contributed by atoms with Gasteiger partial charge in [-0.25, -0.2) is 4.21 Å². The Hall–Kier alpha value is -2.22. The number of aryl methyl sites for hydroxylation is 1. The monoisotopic (exact) mass is 423 g/mol. The van der Waals surface area contributed by atoms with Gasteiger partial charge in [0.25, 0.3) is 5.91 Å². The van der Waals surface area contributed by atoms with Crippen LogP contribution in [0.25, 0.3) is 11.4 Å². The Morgan fingerprint density at radius 1 is 1.15 bits per heavy atom. The van der Waals surface area contributed by atoms with E-state index in [2.05, 4.69) is 14.5 Å². The zero-order chi connectivity index (χ0) is 19.6. The molecule has 6 nitrogen and oxygen atoms in total. The average Bonchev–Trinajstić information content (AvgIpc) is 3.04. The van der Waals surface area contributed by atoms with Gasteiger partial charge in [-0.05, 0) is 24.3 Å². The molecule has 1 unspecified atom stereocenters. The fourth-order valence-electron chi connectivity index (χ4n) is 2.38. The summed E-state index contributed by atoms with van der Waals surface area (Å²) in [5.41, 5.74) is 1.51. The van der Waals surface area contributed by atoms with E-state index in [-0.39, 0.29) is 5.75 Å². The Balaban J connectivity index is 1.83. The maximum absolute atomic E-state index is 12.8. The molecule has 2 aromatic carbocycles. The molecule has 1 aromatic heterocycles. The molecule has 0 aliphatic carbocycles. The van der Waals surface area contributed by atoms with E-state index >= 15 is 0 Å². The lowest BCUT2D eigenvalue weighted by Crippen LogP contribution is -2.07. The number of benzene rings is 2. The molecule has 1 amide bonds. The topological polar surface area (TPSA) is 85.4 Å². The van der Waals surface area contributed by atoms with Crippen LogP contribution in [-0.2, 0) is 15.5 Å². The van der Waals surface area contributed by atoms with Crippen molar-refractivity contribution in [1.82, 2.24) is 10.1 Å². The minimum Gasteiger partial charge on any atom is -0.339 e. The SMILES string of the molecule is Cc1nc(-c2ccc(C(=O)N=S(C)(=O)Cc3c(Cl)cccc3Cl)cc2)no1. The quantitative estimate of drug-likeness (QED) is 0.601. The zero-order valence-corrected chi connectivity index (χ0v) is 16.8. The number of hydrogen-bond donors (Lipinski definition) is 0. The van der Waals surface area contributed by atoms with Crippen LogP contribution in [0.1, 0.15) is 21.8 Å². The highest BCUT2D eigenvalue weighted by Gasteiger charge is 2.15. The van der Waals surface area contributed by atoms with Crippen molar-refractivity contribution in [1.29, 1.82) is 0 Å². The Kier molecular flexibility index (Phi) is 5.64. The molecule has 0 N–H and O–H groups in total. The summed E-state index contributed by atoms with van der Waals surface area (Å²) in [6.45, 7) is 1.69. The van der Waals surface area contributed by atoms with Crippen molar-refractivity contribution in [2.45, 2.75) is 12.7 Å². The molecular formula is C18H15Cl2N3O3S. The lowest BCUT2D eigenvalue weighted by atomic mass is 10.1. The van der Waals surface area contributed by atoms with Gasteiger partial charge in [0.1, 0.15) is 0 Å². The van der Waals surface area contributed by atoms with Crippen LogP contribution in [0.3, 0.4) is 0 Å². The van der Waals surface area contributed by atoms with Crippen LogP contribution >= 0.6 is 23.2 Å². The highest BCUT2D eigenvalue weighted by Crippen LogP contribution is 2.26. The molecule has 9 heteroatoms. The van der Waals surface area contributed by atoms with Crippen LogP contribution in [0.4, 0.5) is 0 Å². The molecular weight excluding hydrogens is 409 g/mol. The van der Waals surface area contributed by atoms with Gasteiger partial charge in [-0.15, -0.1) is 0 Å². The van der Waals surface area contributed by atoms with Gasteiger partial charge in [0.05, 0.1) is 15.5 Å². The first-order chi connectivity index (χ1) is 12.7.